The molecule has 1 amide bonds. The molecule has 1 heterocycles. The summed E-state index contributed by atoms with van der Waals surface area (Å²) < 4.78 is 5.29. The first-order valence-electron chi connectivity index (χ1n) is 6.18. The Hall–Kier alpha value is -1.35. The van der Waals surface area contributed by atoms with Crippen molar-refractivity contribution in [1.82, 2.24) is 0 Å². The van der Waals surface area contributed by atoms with E-state index in [-0.39, 0.29) is 11.8 Å². The number of aryl methyl sites for hydroxylation is 1. The van der Waals surface area contributed by atoms with E-state index >= 15 is 0 Å². The predicted octanol–water partition coefficient (Wildman–Crippen LogP) is 2.38. The molecule has 1 unspecified atom stereocenters. The first-order chi connectivity index (χ1) is 8.24. The molecule has 17 heavy (non-hydrogen) atoms. The van der Waals surface area contributed by atoms with E-state index in [0.717, 1.165) is 17.7 Å². The number of para-hydroxylation sites is 1. The average molecular weight is 233 g/mol. The Labute approximate surface area is 102 Å². The van der Waals surface area contributed by atoms with Crippen molar-refractivity contribution in [2.45, 2.75) is 20.3 Å². The molecule has 1 aromatic carbocycles. The van der Waals surface area contributed by atoms with Gasteiger partial charge < -0.3 is 9.64 Å². The molecular formula is C14H19NO2. The first-order valence-corrected chi connectivity index (χ1v) is 6.18. The van der Waals surface area contributed by atoms with Crippen LogP contribution in [0, 0.1) is 12.8 Å². The number of rotatable bonds is 3. The maximum Gasteiger partial charge on any atom is 0.232 e. The Morgan fingerprint density at radius 3 is 2.82 bits per heavy atom. The summed E-state index contributed by atoms with van der Waals surface area (Å²) >= 11 is 0. The van der Waals surface area contributed by atoms with Crippen molar-refractivity contribution in [3.8, 4) is 0 Å². The second-order valence-electron chi connectivity index (χ2n) is 4.43. The van der Waals surface area contributed by atoms with Crippen molar-refractivity contribution in [2.75, 3.05) is 24.7 Å². The van der Waals surface area contributed by atoms with Crippen LogP contribution in [0.15, 0.2) is 24.3 Å². The lowest BCUT2D eigenvalue weighted by molar-refractivity contribution is -0.122. The zero-order valence-electron chi connectivity index (χ0n) is 10.5. The number of amides is 1. The average Bonchev–Trinajstić information content (AvgIpc) is 2.86. The highest BCUT2D eigenvalue weighted by atomic mass is 16.5. The quantitative estimate of drug-likeness (QED) is 0.802. The Morgan fingerprint density at radius 2 is 2.24 bits per heavy atom. The van der Waals surface area contributed by atoms with Gasteiger partial charge in [-0.25, -0.2) is 0 Å². The summed E-state index contributed by atoms with van der Waals surface area (Å²) in [4.78, 5) is 14.2. The zero-order chi connectivity index (χ0) is 12.3. The van der Waals surface area contributed by atoms with Crippen LogP contribution in [0.5, 0.6) is 0 Å². The normalized spacial score (nSPS) is 19.3. The number of benzene rings is 1. The van der Waals surface area contributed by atoms with E-state index in [2.05, 4.69) is 0 Å². The van der Waals surface area contributed by atoms with Crippen LogP contribution >= 0.6 is 0 Å². The molecule has 1 aliphatic rings. The van der Waals surface area contributed by atoms with Gasteiger partial charge in [-0.2, -0.15) is 0 Å². The van der Waals surface area contributed by atoms with Crippen molar-refractivity contribution in [1.29, 1.82) is 0 Å². The Bertz CT molecular complexity index is 397. The molecule has 0 bridgehead atoms. The number of nitrogens with zero attached hydrogens (tertiary/aromatic N) is 1. The lowest BCUT2D eigenvalue weighted by Gasteiger charge is -2.25. The van der Waals surface area contributed by atoms with Gasteiger partial charge in [0, 0.05) is 18.8 Å². The van der Waals surface area contributed by atoms with Crippen molar-refractivity contribution in [2.24, 2.45) is 5.92 Å². The fourth-order valence-electron chi connectivity index (χ4n) is 2.26. The minimum Gasteiger partial charge on any atom is -0.381 e. The number of carbonyl (C=O) groups is 1. The summed E-state index contributed by atoms with van der Waals surface area (Å²) in [6.45, 7) is 6.04. The van der Waals surface area contributed by atoms with Crippen LogP contribution in [0.1, 0.15) is 18.9 Å². The van der Waals surface area contributed by atoms with E-state index in [9.17, 15) is 4.79 Å². The van der Waals surface area contributed by atoms with Crippen LogP contribution in [-0.4, -0.2) is 25.7 Å². The molecule has 0 aromatic heterocycles. The van der Waals surface area contributed by atoms with E-state index < -0.39 is 0 Å². The lowest BCUT2D eigenvalue weighted by Crippen LogP contribution is -2.36. The third-order valence-corrected chi connectivity index (χ3v) is 3.27. The lowest BCUT2D eigenvalue weighted by atomic mass is 10.1. The van der Waals surface area contributed by atoms with Gasteiger partial charge in [-0.15, -0.1) is 0 Å². The molecule has 1 saturated heterocycles. The Kier molecular flexibility index (Phi) is 3.79. The molecule has 3 nitrogen and oxygen atoms in total. The number of hydrogen-bond donors (Lipinski definition) is 0. The topological polar surface area (TPSA) is 29.5 Å². The second-order valence-corrected chi connectivity index (χ2v) is 4.43. The minimum absolute atomic E-state index is 0.0366. The van der Waals surface area contributed by atoms with Gasteiger partial charge in [-0.1, -0.05) is 18.2 Å². The highest BCUT2D eigenvalue weighted by Gasteiger charge is 2.28. The van der Waals surface area contributed by atoms with Crippen LogP contribution in [0.25, 0.3) is 0 Å². The highest BCUT2D eigenvalue weighted by Crippen LogP contribution is 2.23. The first kappa shape index (κ1) is 12.1. The predicted molar refractivity (Wildman–Crippen MR) is 68.1 cm³/mol. The maximum atomic E-state index is 12.4. The monoisotopic (exact) mass is 233 g/mol. The molecule has 1 aromatic rings. The number of carbonyl (C=O) groups excluding carboxylic acids is 1. The summed E-state index contributed by atoms with van der Waals surface area (Å²) in [7, 11) is 0. The molecule has 3 heteroatoms. The van der Waals surface area contributed by atoms with Crippen molar-refractivity contribution in [3.05, 3.63) is 29.8 Å². The number of hydrogen-bond acceptors (Lipinski definition) is 2. The van der Waals surface area contributed by atoms with Crippen LogP contribution in [0.3, 0.4) is 0 Å². The molecule has 0 N–H and O–H groups in total. The van der Waals surface area contributed by atoms with Gasteiger partial charge in [0.1, 0.15) is 0 Å². The Morgan fingerprint density at radius 1 is 1.47 bits per heavy atom. The largest absolute Gasteiger partial charge is 0.381 e. The van der Waals surface area contributed by atoms with Crippen LogP contribution < -0.4 is 4.90 Å². The van der Waals surface area contributed by atoms with E-state index in [0.29, 0.717) is 19.8 Å². The molecule has 0 spiro atoms. The molecule has 0 radical (unpaired) electrons. The summed E-state index contributed by atoms with van der Waals surface area (Å²) in [5, 5.41) is 0. The van der Waals surface area contributed by atoms with Gasteiger partial charge in [0.25, 0.3) is 0 Å². The molecule has 1 fully saturated rings. The number of anilines is 1. The molecule has 92 valence electrons. The summed E-state index contributed by atoms with van der Waals surface area (Å²) in [5.74, 6) is 0.230. The standard InChI is InChI=1S/C14H19NO2/c1-3-15(13-7-5-4-6-11(13)2)14(16)12-8-9-17-10-12/h4-7,12H,3,8-10H2,1-2H3. The van der Waals surface area contributed by atoms with Crippen molar-refractivity contribution < 1.29 is 9.53 Å². The van der Waals surface area contributed by atoms with E-state index in [1.807, 2.05) is 43.0 Å². The summed E-state index contributed by atoms with van der Waals surface area (Å²) in [6, 6.07) is 8.02. The van der Waals surface area contributed by atoms with Crippen molar-refractivity contribution >= 4 is 11.6 Å². The van der Waals surface area contributed by atoms with Gasteiger partial charge in [-0.3, -0.25) is 4.79 Å². The van der Waals surface area contributed by atoms with Gasteiger partial charge in [0.15, 0.2) is 0 Å². The van der Waals surface area contributed by atoms with Crippen LogP contribution in [-0.2, 0) is 9.53 Å². The summed E-state index contributed by atoms with van der Waals surface area (Å²) in [6.07, 6.45) is 0.848. The zero-order valence-corrected chi connectivity index (χ0v) is 10.5. The van der Waals surface area contributed by atoms with E-state index in [1.54, 1.807) is 0 Å². The second kappa shape index (κ2) is 5.32. The van der Waals surface area contributed by atoms with Gasteiger partial charge >= 0.3 is 0 Å². The number of ether oxygens (including phenoxy) is 1. The smallest absolute Gasteiger partial charge is 0.232 e. The molecule has 1 aliphatic heterocycles. The molecule has 0 aliphatic carbocycles. The minimum atomic E-state index is 0.0366. The highest BCUT2D eigenvalue weighted by molar-refractivity contribution is 5.95. The molecule has 2 rings (SSSR count). The molecule has 1 atom stereocenters. The van der Waals surface area contributed by atoms with Gasteiger partial charge in [-0.05, 0) is 31.9 Å². The molecular weight excluding hydrogens is 214 g/mol. The fourth-order valence-corrected chi connectivity index (χ4v) is 2.26. The van der Waals surface area contributed by atoms with Crippen molar-refractivity contribution in [3.63, 3.8) is 0 Å². The van der Waals surface area contributed by atoms with E-state index in [1.165, 1.54) is 0 Å². The van der Waals surface area contributed by atoms with Gasteiger partial charge in [0.2, 0.25) is 5.91 Å². The Balaban J connectivity index is 2.21. The van der Waals surface area contributed by atoms with Gasteiger partial charge in [0.05, 0.1) is 12.5 Å². The maximum absolute atomic E-state index is 12.4. The van der Waals surface area contributed by atoms with E-state index in [4.69, 9.17) is 4.74 Å². The summed E-state index contributed by atoms with van der Waals surface area (Å²) in [5.41, 5.74) is 2.16. The third kappa shape index (κ3) is 2.50. The fraction of sp³-hybridized carbons (Fsp3) is 0.500. The molecule has 0 saturated carbocycles. The van der Waals surface area contributed by atoms with Crippen LogP contribution in [0.2, 0.25) is 0 Å². The SMILES string of the molecule is CCN(C(=O)C1CCOC1)c1ccccc1C. The third-order valence-electron chi connectivity index (χ3n) is 3.27. The van der Waals surface area contributed by atoms with Crippen LogP contribution in [0.4, 0.5) is 5.69 Å².